The average molecular weight is 209 g/mol. The van der Waals surface area contributed by atoms with Gasteiger partial charge in [-0.25, -0.2) is 0 Å². The fourth-order valence-electron chi connectivity index (χ4n) is 1.25. The summed E-state index contributed by atoms with van der Waals surface area (Å²) in [6.07, 6.45) is -0.0591. The second kappa shape index (κ2) is 4.79. The minimum absolute atomic E-state index is 0.0591. The van der Waals surface area contributed by atoms with Gasteiger partial charge in [0.25, 0.3) is 0 Å². The molecule has 0 bridgehead atoms. The Balaban J connectivity index is 3.14. The Bertz CT molecular complexity index is 361. The zero-order valence-electron chi connectivity index (χ0n) is 8.86. The Morgan fingerprint density at radius 2 is 2.20 bits per heavy atom. The number of hydrogen-bond donors (Lipinski definition) is 2. The van der Waals surface area contributed by atoms with Crippen LogP contribution in [-0.4, -0.2) is 23.5 Å². The third-order valence-electron chi connectivity index (χ3n) is 1.83. The van der Waals surface area contributed by atoms with Gasteiger partial charge in [0.2, 0.25) is 0 Å². The number of phenols is 1. The number of benzene rings is 1. The van der Waals surface area contributed by atoms with Crippen LogP contribution in [0.1, 0.15) is 24.2 Å². The normalized spacial score (nSPS) is 10.4. The molecule has 0 radical (unpaired) electrons. The highest BCUT2D eigenvalue weighted by Crippen LogP contribution is 2.28. The minimum Gasteiger partial charge on any atom is -0.507 e. The summed E-state index contributed by atoms with van der Waals surface area (Å²) < 4.78 is 5.41. The minimum atomic E-state index is -0.330. The summed E-state index contributed by atoms with van der Waals surface area (Å²) in [4.78, 5) is 11.5. The van der Waals surface area contributed by atoms with Gasteiger partial charge in [-0.3, -0.25) is 4.79 Å². The lowest BCUT2D eigenvalue weighted by molar-refractivity contribution is 0.0993. The summed E-state index contributed by atoms with van der Waals surface area (Å²) in [6, 6.07) is 4.71. The van der Waals surface area contributed by atoms with Gasteiger partial charge in [-0.1, -0.05) is 6.07 Å². The van der Waals surface area contributed by atoms with E-state index in [4.69, 9.17) is 10.5 Å². The predicted octanol–water partition coefficient (Wildman–Crippen LogP) is 1.32. The third-order valence-corrected chi connectivity index (χ3v) is 1.83. The molecule has 4 nitrogen and oxygen atoms in total. The summed E-state index contributed by atoms with van der Waals surface area (Å²) in [5, 5.41) is 9.55. The van der Waals surface area contributed by atoms with Crippen molar-refractivity contribution < 1.29 is 14.6 Å². The van der Waals surface area contributed by atoms with Gasteiger partial charge in [-0.05, 0) is 26.0 Å². The van der Waals surface area contributed by atoms with Gasteiger partial charge in [-0.15, -0.1) is 0 Å². The van der Waals surface area contributed by atoms with E-state index in [9.17, 15) is 9.90 Å². The van der Waals surface area contributed by atoms with Gasteiger partial charge >= 0.3 is 0 Å². The lowest BCUT2D eigenvalue weighted by Gasteiger charge is -2.13. The number of hydrogen-bond acceptors (Lipinski definition) is 4. The van der Waals surface area contributed by atoms with Crippen molar-refractivity contribution in [1.82, 2.24) is 0 Å². The number of phenolic OH excluding ortho intramolecular Hbond substituents is 1. The standard InChI is InChI=1S/C11H15NO3/c1-7(2)15-10-5-3-4-8(13)11(10)9(14)6-12/h3-5,7,13H,6,12H2,1-2H3. The van der Waals surface area contributed by atoms with Crippen molar-refractivity contribution in [2.75, 3.05) is 6.54 Å². The molecule has 0 aliphatic rings. The molecule has 0 fully saturated rings. The van der Waals surface area contributed by atoms with E-state index in [1.807, 2.05) is 13.8 Å². The van der Waals surface area contributed by atoms with E-state index in [1.54, 1.807) is 12.1 Å². The highest BCUT2D eigenvalue weighted by Gasteiger charge is 2.16. The maximum absolute atomic E-state index is 11.5. The molecule has 15 heavy (non-hydrogen) atoms. The van der Waals surface area contributed by atoms with Crippen molar-refractivity contribution in [3.05, 3.63) is 23.8 Å². The van der Waals surface area contributed by atoms with Crippen LogP contribution in [0.15, 0.2) is 18.2 Å². The number of ketones is 1. The summed E-state index contributed by atoms with van der Waals surface area (Å²) in [6.45, 7) is 3.55. The van der Waals surface area contributed by atoms with Crippen LogP contribution in [0.25, 0.3) is 0 Å². The van der Waals surface area contributed by atoms with Crippen molar-refractivity contribution >= 4 is 5.78 Å². The van der Waals surface area contributed by atoms with Crippen LogP contribution in [0.4, 0.5) is 0 Å². The zero-order valence-corrected chi connectivity index (χ0v) is 8.86. The van der Waals surface area contributed by atoms with Gasteiger partial charge in [0.05, 0.1) is 12.6 Å². The van der Waals surface area contributed by atoms with Crippen LogP contribution < -0.4 is 10.5 Å². The number of carbonyl (C=O) groups is 1. The van der Waals surface area contributed by atoms with E-state index in [2.05, 4.69) is 0 Å². The largest absolute Gasteiger partial charge is 0.507 e. The number of carbonyl (C=O) groups excluding carboxylic acids is 1. The van der Waals surface area contributed by atoms with Crippen LogP contribution in [-0.2, 0) is 0 Å². The number of nitrogens with two attached hydrogens (primary N) is 1. The van der Waals surface area contributed by atoms with Crippen LogP contribution in [0, 0.1) is 0 Å². The molecule has 0 aliphatic heterocycles. The summed E-state index contributed by atoms with van der Waals surface area (Å²) in [7, 11) is 0. The van der Waals surface area contributed by atoms with E-state index in [1.165, 1.54) is 6.07 Å². The molecule has 0 amide bonds. The molecule has 4 heteroatoms. The molecule has 0 spiro atoms. The summed E-state index contributed by atoms with van der Waals surface area (Å²) in [5.41, 5.74) is 5.42. The molecule has 3 N–H and O–H groups in total. The molecule has 0 saturated carbocycles. The van der Waals surface area contributed by atoms with Gasteiger partial charge in [-0.2, -0.15) is 0 Å². The van der Waals surface area contributed by atoms with E-state index in [0.29, 0.717) is 5.75 Å². The lowest BCUT2D eigenvalue weighted by Crippen LogP contribution is -2.16. The van der Waals surface area contributed by atoms with Crippen molar-refractivity contribution in [3.63, 3.8) is 0 Å². The van der Waals surface area contributed by atoms with E-state index in [-0.39, 0.29) is 29.7 Å². The smallest absolute Gasteiger partial charge is 0.183 e. The first-order chi connectivity index (χ1) is 7.06. The Hall–Kier alpha value is -1.55. The summed E-state index contributed by atoms with van der Waals surface area (Å²) in [5.74, 6) is -0.0483. The summed E-state index contributed by atoms with van der Waals surface area (Å²) >= 11 is 0. The van der Waals surface area contributed by atoms with E-state index >= 15 is 0 Å². The van der Waals surface area contributed by atoms with Crippen molar-refractivity contribution in [1.29, 1.82) is 0 Å². The first-order valence-electron chi connectivity index (χ1n) is 4.78. The zero-order chi connectivity index (χ0) is 11.4. The molecule has 0 aromatic heterocycles. The van der Waals surface area contributed by atoms with Gasteiger partial charge in [0, 0.05) is 0 Å². The average Bonchev–Trinajstić information content (AvgIpc) is 2.16. The maximum atomic E-state index is 11.5. The number of aromatic hydroxyl groups is 1. The Morgan fingerprint density at radius 1 is 1.53 bits per heavy atom. The molecule has 1 rings (SSSR count). The highest BCUT2D eigenvalue weighted by molar-refractivity contribution is 6.02. The first kappa shape index (κ1) is 11.5. The second-order valence-corrected chi connectivity index (χ2v) is 3.44. The molecular weight excluding hydrogens is 194 g/mol. The molecular formula is C11H15NO3. The number of ether oxygens (including phenoxy) is 1. The maximum Gasteiger partial charge on any atom is 0.183 e. The van der Waals surface area contributed by atoms with Crippen LogP contribution >= 0.6 is 0 Å². The van der Waals surface area contributed by atoms with Crippen LogP contribution in [0.2, 0.25) is 0 Å². The third kappa shape index (κ3) is 2.70. The molecule has 0 atom stereocenters. The SMILES string of the molecule is CC(C)Oc1cccc(O)c1C(=O)CN. The Labute approximate surface area is 88.7 Å². The number of rotatable bonds is 4. The molecule has 1 aromatic carbocycles. The highest BCUT2D eigenvalue weighted by atomic mass is 16.5. The van der Waals surface area contributed by atoms with Crippen molar-refractivity contribution in [3.8, 4) is 11.5 Å². The van der Waals surface area contributed by atoms with Crippen molar-refractivity contribution in [2.24, 2.45) is 5.73 Å². The van der Waals surface area contributed by atoms with Crippen LogP contribution in [0.3, 0.4) is 0 Å². The van der Waals surface area contributed by atoms with Crippen LogP contribution in [0.5, 0.6) is 11.5 Å². The van der Waals surface area contributed by atoms with Gasteiger partial charge in [0.15, 0.2) is 5.78 Å². The Kier molecular flexibility index (Phi) is 3.68. The fourth-order valence-corrected chi connectivity index (χ4v) is 1.25. The lowest BCUT2D eigenvalue weighted by atomic mass is 10.1. The predicted molar refractivity (Wildman–Crippen MR) is 57.3 cm³/mol. The Morgan fingerprint density at radius 3 is 2.73 bits per heavy atom. The molecule has 0 unspecified atom stereocenters. The van der Waals surface area contributed by atoms with E-state index < -0.39 is 0 Å². The quantitative estimate of drug-likeness (QED) is 0.733. The monoisotopic (exact) mass is 209 g/mol. The molecule has 0 aliphatic carbocycles. The second-order valence-electron chi connectivity index (χ2n) is 3.44. The molecule has 0 saturated heterocycles. The first-order valence-corrected chi connectivity index (χ1v) is 4.78. The van der Waals surface area contributed by atoms with Crippen molar-refractivity contribution in [2.45, 2.75) is 20.0 Å². The molecule has 1 aromatic rings. The van der Waals surface area contributed by atoms with Gasteiger partial charge < -0.3 is 15.6 Å². The number of Topliss-reactive ketones (excluding diaryl/α,β-unsaturated/α-hetero) is 1. The molecule has 82 valence electrons. The van der Waals surface area contributed by atoms with E-state index in [0.717, 1.165) is 0 Å². The molecule has 0 heterocycles. The van der Waals surface area contributed by atoms with Gasteiger partial charge in [0.1, 0.15) is 17.1 Å². The fraction of sp³-hybridized carbons (Fsp3) is 0.364. The topological polar surface area (TPSA) is 72.5 Å².